The van der Waals surface area contributed by atoms with Gasteiger partial charge < -0.3 is 14.4 Å². The van der Waals surface area contributed by atoms with Crippen LogP contribution in [0.3, 0.4) is 0 Å². The van der Waals surface area contributed by atoms with Crippen LogP contribution in [-0.4, -0.2) is 61.2 Å². The third-order valence-electron chi connectivity index (χ3n) is 6.94. The van der Waals surface area contributed by atoms with Gasteiger partial charge in [-0.25, -0.2) is 9.18 Å². The first-order valence-corrected chi connectivity index (χ1v) is 13.9. The second kappa shape index (κ2) is 11.3. The van der Waals surface area contributed by atoms with Crippen molar-refractivity contribution in [1.29, 1.82) is 0 Å². The van der Waals surface area contributed by atoms with Crippen LogP contribution in [0, 0.1) is 12.7 Å². The van der Waals surface area contributed by atoms with E-state index < -0.39 is 23.2 Å². The molecule has 1 aliphatic heterocycles. The molecular formula is C27H31FN6O5S. The average molecular weight is 571 g/mol. The van der Waals surface area contributed by atoms with E-state index in [0.29, 0.717) is 45.2 Å². The number of benzene rings is 1. The highest BCUT2D eigenvalue weighted by molar-refractivity contribution is 7.21. The third-order valence-corrected chi connectivity index (χ3v) is 8.23. The molecule has 1 atom stereocenters. The van der Waals surface area contributed by atoms with Gasteiger partial charge >= 0.3 is 5.69 Å². The predicted octanol–water partition coefficient (Wildman–Crippen LogP) is 3.05. The molecule has 3 aromatic heterocycles. The van der Waals surface area contributed by atoms with E-state index in [0.717, 1.165) is 17.4 Å². The number of ether oxygens (including phenoxy) is 2. The van der Waals surface area contributed by atoms with Crippen molar-refractivity contribution in [3.8, 4) is 10.8 Å². The number of rotatable bonds is 9. The van der Waals surface area contributed by atoms with E-state index in [1.165, 1.54) is 58.4 Å². The lowest BCUT2D eigenvalue weighted by Gasteiger charge is -2.24. The normalized spacial score (nSPS) is 14.4. The Balaban J connectivity index is 1.71. The van der Waals surface area contributed by atoms with E-state index in [4.69, 9.17) is 9.47 Å². The zero-order valence-electron chi connectivity index (χ0n) is 22.8. The summed E-state index contributed by atoms with van der Waals surface area (Å²) in [6.07, 6.45) is 3.73. The zero-order valence-corrected chi connectivity index (χ0v) is 23.6. The Morgan fingerprint density at radius 2 is 1.82 bits per heavy atom. The highest BCUT2D eigenvalue weighted by Crippen LogP contribution is 2.34. The van der Waals surface area contributed by atoms with Crippen molar-refractivity contribution in [1.82, 2.24) is 29.0 Å². The number of hydrogen-bond donors (Lipinski definition) is 0. The van der Waals surface area contributed by atoms with Crippen LogP contribution >= 0.6 is 11.3 Å². The summed E-state index contributed by atoms with van der Waals surface area (Å²) < 4.78 is 28.5. The third kappa shape index (κ3) is 5.18. The number of carbonyl (C=O) groups excluding carboxylic acids is 1. The van der Waals surface area contributed by atoms with Gasteiger partial charge in [-0.15, -0.1) is 4.80 Å². The monoisotopic (exact) mass is 570 g/mol. The quantitative estimate of drug-likeness (QED) is 0.304. The van der Waals surface area contributed by atoms with Crippen molar-refractivity contribution in [2.45, 2.75) is 58.9 Å². The van der Waals surface area contributed by atoms with Gasteiger partial charge in [0.15, 0.2) is 0 Å². The molecule has 11 nitrogen and oxygen atoms in total. The molecule has 1 aliphatic rings. The Morgan fingerprint density at radius 3 is 2.48 bits per heavy atom. The number of likely N-dealkylation sites (tertiary alicyclic amines) is 1. The molecule has 1 saturated heterocycles. The Bertz CT molecular complexity index is 1650. The largest absolute Gasteiger partial charge is 0.496 e. The van der Waals surface area contributed by atoms with Gasteiger partial charge in [0.25, 0.3) is 5.56 Å². The van der Waals surface area contributed by atoms with E-state index >= 15 is 0 Å². The molecule has 1 fully saturated rings. The van der Waals surface area contributed by atoms with Gasteiger partial charge in [0, 0.05) is 24.2 Å². The molecule has 5 rings (SSSR count). The maximum atomic E-state index is 14.4. The highest BCUT2D eigenvalue weighted by Gasteiger charge is 2.28. The van der Waals surface area contributed by atoms with E-state index in [1.54, 1.807) is 11.8 Å². The lowest BCUT2D eigenvalue weighted by Crippen LogP contribution is -2.44. The predicted molar refractivity (Wildman–Crippen MR) is 148 cm³/mol. The number of aryl methyl sites for hydroxylation is 1. The minimum Gasteiger partial charge on any atom is -0.496 e. The zero-order chi connectivity index (χ0) is 28.6. The van der Waals surface area contributed by atoms with Crippen LogP contribution in [0.1, 0.15) is 43.9 Å². The standard InChI is InChI=1S/C27H31FN6O5S/c1-16(2)39-21(19-13-18(28)7-8-20(19)38-4)14-33-26-23(17(3)25(40-26)34-29-9-10-30-34)24(36)32(27(33)37)15-22(35)31-11-5-6-12-31/h7-10,13,16,21H,5-6,11-12,14-15H2,1-4H3/t21-/m0/s1. The first-order chi connectivity index (χ1) is 19.2. The van der Waals surface area contributed by atoms with Crippen molar-refractivity contribution in [2.24, 2.45) is 0 Å². The Labute approximate surface area is 233 Å². The lowest BCUT2D eigenvalue weighted by molar-refractivity contribution is -0.130. The number of hydrogen-bond acceptors (Lipinski definition) is 8. The second-order valence-corrected chi connectivity index (χ2v) is 10.9. The molecule has 0 radical (unpaired) electrons. The van der Waals surface area contributed by atoms with Crippen molar-refractivity contribution in [2.75, 3.05) is 20.2 Å². The lowest BCUT2D eigenvalue weighted by atomic mass is 10.1. The first-order valence-electron chi connectivity index (χ1n) is 13.1. The van der Waals surface area contributed by atoms with Crippen LogP contribution < -0.4 is 16.0 Å². The molecule has 0 saturated carbocycles. The summed E-state index contributed by atoms with van der Waals surface area (Å²) in [4.78, 5) is 44.3. The van der Waals surface area contributed by atoms with Crippen LogP contribution in [0.25, 0.3) is 15.2 Å². The van der Waals surface area contributed by atoms with E-state index in [9.17, 15) is 18.8 Å². The van der Waals surface area contributed by atoms with Crippen molar-refractivity contribution >= 4 is 27.5 Å². The van der Waals surface area contributed by atoms with Gasteiger partial charge in [0.05, 0.1) is 37.5 Å². The first kappa shape index (κ1) is 27.7. The molecule has 13 heteroatoms. The van der Waals surface area contributed by atoms with Crippen LogP contribution in [0.5, 0.6) is 5.75 Å². The topological polar surface area (TPSA) is 113 Å². The fraction of sp³-hybridized carbons (Fsp3) is 0.444. The molecule has 4 heterocycles. The molecule has 0 N–H and O–H groups in total. The number of carbonyl (C=O) groups is 1. The summed E-state index contributed by atoms with van der Waals surface area (Å²) in [5.41, 5.74) is -0.203. The van der Waals surface area contributed by atoms with E-state index in [1.807, 2.05) is 13.8 Å². The van der Waals surface area contributed by atoms with Gasteiger partial charge in [-0.3, -0.25) is 18.7 Å². The molecule has 0 spiro atoms. The summed E-state index contributed by atoms with van der Waals surface area (Å²) in [6, 6.07) is 4.11. The summed E-state index contributed by atoms with van der Waals surface area (Å²) >= 11 is 1.19. The van der Waals surface area contributed by atoms with Gasteiger partial charge in [-0.2, -0.15) is 10.2 Å². The summed E-state index contributed by atoms with van der Waals surface area (Å²) in [5, 5.41) is 9.27. The molecule has 4 aromatic rings. The maximum Gasteiger partial charge on any atom is 0.332 e. The van der Waals surface area contributed by atoms with Crippen molar-refractivity contribution in [3.63, 3.8) is 0 Å². The number of methoxy groups -OCH3 is 1. The Hall–Kier alpha value is -3.84. The molecule has 1 amide bonds. The SMILES string of the molecule is COc1ccc(F)cc1[C@H](Cn1c(=O)n(CC(=O)N2CCCC2)c(=O)c2c(C)c(-n3nccn3)sc21)OC(C)C. The van der Waals surface area contributed by atoms with Gasteiger partial charge in [0.2, 0.25) is 5.91 Å². The molecule has 212 valence electrons. The number of halogens is 1. The fourth-order valence-electron chi connectivity index (χ4n) is 5.06. The Morgan fingerprint density at radius 1 is 1.12 bits per heavy atom. The molecule has 0 aliphatic carbocycles. The minimum absolute atomic E-state index is 0.0581. The molecule has 1 aromatic carbocycles. The minimum atomic E-state index is -0.805. The van der Waals surface area contributed by atoms with Crippen molar-refractivity contribution in [3.05, 3.63) is 68.4 Å². The van der Waals surface area contributed by atoms with Crippen LogP contribution in [0.4, 0.5) is 4.39 Å². The molecule has 0 bridgehead atoms. The number of aromatic nitrogens is 5. The summed E-state index contributed by atoms with van der Waals surface area (Å²) in [7, 11) is 1.48. The number of thiophene rings is 1. The maximum absolute atomic E-state index is 14.4. The summed E-state index contributed by atoms with van der Waals surface area (Å²) in [5.74, 6) is -0.366. The van der Waals surface area contributed by atoms with Crippen LogP contribution in [0.15, 0.2) is 40.2 Å². The van der Waals surface area contributed by atoms with Gasteiger partial charge in [-0.05, 0) is 51.8 Å². The number of amides is 1. The van der Waals surface area contributed by atoms with E-state index in [2.05, 4.69) is 10.2 Å². The number of fused-ring (bicyclic) bond motifs is 1. The van der Waals surface area contributed by atoms with Gasteiger partial charge in [0.1, 0.15) is 34.0 Å². The van der Waals surface area contributed by atoms with Crippen LogP contribution in [-0.2, 0) is 22.6 Å². The van der Waals surface area contributed by atoms with E-state index in [-0.39, 0.29) is 25.1 Å². The Kier molecular flexibility index (Phi) is 7.86. The van der Waals surface area contributed by atoms with Gasteiger partial charge in [-0.1, -0.05) is 11.3 Å². The average Bonchev–Trinajstić information content (AvgIpc) is 3.70. The molecule has 40 heavy (non-hydrogen) atoms. The molecule has 0 unspecified atom stereocenters. The smallest absolute Gasteiger partial charge is 0.332 e. The fourth-order valence-corrected chi connectivity index (χ4v) is 6.28. The molecular weight excluding hydrogens is 539 g/mol. The summed E-state index contributed by atoms with van der Waals surface area (Å²) in [6.45, 7) is 6.19. The highest BCUT2D eigenvalue weighted by atomic mass is 32.1. The van der Waals surface area contributed by atoms with Crippen LogP contribution in [0.2, 0.25) is 0 Å². The number of nitrogens with zero attached hydrogens (tertiary/aromatic N) is 6. The second-order valence-electron chi connectivity index (χ2n) is 9.96. The van der Waals surface area contributed by atoms with Crippen molar-refractivity contribution < 1.29 is 18.7 Å².